The molecule has 0 saturated carbocycles. The number of rotatable bonds is 11. The SMILES string of the molecule is COc1cc(CNCCOCCO)cc(Br)c1OCc1ccccc1F.Cl. The van der Waals surface area contributed by atoms with E-state index in [0.29, 0.717) is 43.4 Å². The van der Waals surface area contributed by atoms with Crippen LogP contribution in [0.25, 0.3) is 0 Å². The number of hydrogen-bond acceptors (Lipinski definition) is 5. The van der Waals surface area contributed by atoms with Crippen molar-refractivity contribution < 1.29 is 23.7 Å². The maximum atomic E-state index is 13.7. The van der Waals surface area contributed by atoms with Crippen molar-refractivity contribution in [3.05, 3.63) is 57.8 Å². The van der Waals surface area contributed by atoms with Crippen molar-refractivity contribution in [2.45, 2.75) is 13.2 Å². The molecule has 0 bridgehead atoms. The summed E-state index contributed by atoms with van der Waals surface area (Å²) in [5.74, 6) is 0.807. The van der Waals surface area contributed by atoms with Gasteiger partial charge in [0.2, 0.25) is 0 Å². The molecule has 0 unspecified atom stereocenters. The number of halogens is 3. The van der Waals surface area contributed by atoms with E-state index in [9.17, 15) is 4.39 Å². The third-order valence-corrected chi connectivity index (χ3v) is 4.20. The molecule has 0 fully saturated rings. The zero-order chi connectivity index (χ0) is 18.8. The van der Waals surface area contributed by atoms with Crippen LogP contribution in [-0.4, -0.2) is 38.6 Å². The Balaban J connectivity index is 0.00000364. The first kappa shape index (κ1) is 23.7. The van der Waals surface area contributed by atoms with E-state index >= 15 is 0 Å². The van der Waals surface area contributed by atoms with E-state index in [-0.39, 0.29) is 31.4 Å². The first-order valence-corrected chi connectivity index (χ1v) is 9.07. The van der Waals surface area contributed by atoms with Gasteiger partial charge >= 0.3 is 0 Å². The minimum Gasteiger partial charge on any atom is -0.493 e. The number of aliphatic hydroxyl groups excluding tert-OH is 1. The molecule has 0 heterocycles. The highest BCUT2D eigenvalue weighted by Crippen LogP contribution is 2.37. The van der Waals surface area contributed by atoms with Gasteiger partial charge in [-0.2, -0.15) is 0 Å². The Morgan fingerprint density at radius 2 is 1.96 bits per heavy atom. The van der Waals surface area contributed by atoms with Gasteiger partial charge in [-0.25, -0.2) is 4.39 Å². The molecular weight excluding hydrogens is 441 g/mol. The molecular formula is C19H24BrClFNO4. The zero-order valence-electron chi connectivity index (χ0n) is 15.0. The summed E-state index contributed by atoms with van der Waals surface area (Å²) in [6.45, 7) is 2.31. The molecule has 5 nitrogen and oxygen atoms in total. The lowest BCUT2D eigenvalue weighted by Crippen LogP contribution is -2.20. The van der Waals surface area contributed by atoms with E-state index in [1.165, 1.54) is 6.07 Å². The summed E-state index contributed by atoms with van der Waals surface area (Å²) in [5.41, 5.74) is 1.49. The number of ether oxygens (including phenoxy) is 3. The van der Waals surface area contributed by atoms with Gasteiger partial charge in [0.05, 0.1) is 31.4 Å². The molecule has 0 aliphatic rings. The highest BCUT2D eigenvalue weighted by molar-refractivity contribution is 9.10. The number of aliphatic hydroxyl groups is 1. The van der Waals surface area contributed by atoms with Gasteiger partial charge in [-0.3, -0.25) is 0 Å². The number of benzene rings is 2. The van der Waals surface area contributed by atoms with Crippen molar-refractivity contribution in [3.63, 3.8) is 0 Å². The van der Waals surface area contributed by atoms with E-state index < -0.39 is 0 Å². The third-order valence-electron chi connectivity index (χ3n) is 3.61. The molecule has 27 heavy (non-hydrogen) atoms. The van der Waals surface area contributed by atoms with Crippen LogP contribution in [0.2, 0.25) is 0 Å². The zero-order valence-corrected chi connectivity index (χ0v) is 17.4. The third kappa shape index (κ3) is 7.63. The van der Waals surface area contributed by atoms with Crippen molar-refractivity contribution >= 4 is 28.3 Å². The van der Waals surface area contributed by atoms with Gasteiger partial charge in [-0.1, -0.05) is 18.2 Å². The summed E-state index contributed by atoms with van der Waals surface area (Å²) < 4.78 is 30.9. The maximum absolute atomic E-state index is 13.7. The summed E-state index contributed by atoms with van der Waals surface area (Å²) in [4.78, 5) is 0. The van der Waals surface area contributed by atoms with Crippen molar-refractivity contribution in [3.8, 4) is 11.5 Å². The molecule has 0 atom stereocenters. The second kappa shape index (κ2) is 12.9. The Labute approximate surface area is 173 Å². The average molecular weight is 465 g/mol. The van der Waals surface area contributed by atoms with Crippen molar-refractivity contribution in [2.75, 3.05) is 33.5 Å². The van der Waals surface area contributed by atoms with Crippen molar-refractivity contribution in [1.82, 2.24) is 5.32 Å². The Hall–Kier alpha value is -1.38. The number of nitrogens with one attached hydrogen (secondary N) is 1. The summed E-state index contributed by atoms with van der Waals surface area (Å²) >= 11 is 3.50. The van der Waals surface area contributed by atoms with Gasteiger partial charge in [0.1, 0.15) is 12.4 Å². The van der Waals surface area contributed by atoms with Crippen LogP contribution in [0.1, 0.15) is 11.1 Å². The van der Waals surface area contributed by atoms with Crippen LogP contribution in [0.3, 0.4) is 0 Å². The van der Waals surface area contributed by atoms with E-state index in [0.717, 1.165) is 10.0 Å². The molecule has 0 radical (unpaired) electrons. The van der Waals surface area contributed by atoms with E-state index in [1.54, 1.807) is 25.3 Å². The molecule has 0 aromatic heterocycles. The van der Waals surface area contributed by atoms with Gasteiger partial charge < -0.3 is 24.6 Å². The molecule has 0 amide bonds. The summed E-state index contributed by atoms with van der Waals surface area (Å²) in [6, 6.07) is 10.3. The summed E-state index contributed by atoms with van der Waals surface area (Å²) in [6.07, 6.45) is 0. The lowest BCUT2D eigenvalue weighted by atomic mass is 10.2. The molecule has 2 N–H and O–H groups in total. The maximum Gasteiger partial charge on any atom is 0.175 e. The second-order valence-electron chi connectivity index (χ2n) is 5.50. The fraction of sp³-hybridized carbons (Fsp3) is 0.368. The van der Waals surface area contributed by atoms with E-state index in [2.05, 4.69) is 21.2 Å². The smallest absolute Gasteiger partial charge is 0.175 e. The van der Waals surface area contributed by atoms with E-state index in [1.807, 2.05) is 12.1 Å². The topological polar surface area (TPSA) is 60.0 Å². The van der Waals surface area contributed by atoms with Crippen LogP contribution < -0.4 is 14.8 Å². The number of hydrogen-bond donors (Lipinski definition) is 2. The normalized spacial score (nSPS) is 10.4. The molecule has 150 valence electrons. The fourth-order valence-electron chi connectivity index (χ4n) is 2.32. The van der Waals surface area contributed by atoms with Gasteiger partial charge in [0, 0.05) is 18.7 Å². The van der Waals surface area contributed by atoms with Crippen LogP contribution in [0.4, 0.5) is 4.39 Å². The van der Waals surface area contributed by atoms with Crippen LogP contribution in [0.15, 0.2) is 40.9 Å². The standard InChI is InChI=1S/C19H23BrFNO4.ClH/c1-24-18-11-14(12-22-6-8-25-9-7-23)10-16(20)19(18)26-13-15-4-2-3-5-17(15)21;/h2-5,10-11,22-23H,6-9,12-13H2,1H3;1H. The molecule has 0 saturated heterocycles. The molecule has 2 aromatic carbocycles. The van der Waals surface area contributed by atoms with Crippen LogP contribution in [0.5, 0.6) is 11.5 Å². The van der Waals surface area contributed by atoms with Crippen molar-refractivity contribution in [2.24, 2.45) is 0 Å². The van der Waals surface area contributed by atoms with Gasteiger partial charge in [-0.05, 0) is 39.7 Å². The first-order valence-electron chi connectivity index (χ1n) is 8.27. The van der Waals surface area contributed by atoms with Gasteiger partial charge in [-0.15, -0.1) is 12.4 Å². The average Bonchev–Trinajstić information content (AvgIpc) is 2.64. The van der Waals surface area contributed by atoms with Crippen molar-refractivity contribution in [1.29, 1.82) is 0 Å². The molecule has 0 spiro atoms. The minimum atomic E-state index is -0.299. The quantitative estimate of drug-likeness (QED) is 0.497. The summed E-state index contributed by atoms with van der Waals surface area (Å²) in [7, 11) is 1.57. The molecule has 0 aliphatic heterocycles. The van der Waals surface area contributed by atoms with Gasteiger partial charge in [0.15, 0.2) is 11.5 Å². The molecule has 2 aromatic rings. The highest BCUT2D eigenvalue weighted by Gasteiger charge is 2.13. The minimum absolute atomic E-state index is 0. The lowest BCUT2D eigenvalue weighted by Gasteiger charge is -2.15. The summed E-state index contributed by atoms with van der Waals surface area (Å²) in [5, 5.41) is 11.9. The Morgan fingerprint density at radius 1 is 1.19 bits per heavy atom. The Morgan fingerprint density at radius 3 is 2.67 bits per heavy atom. The predicted octanol–water partition coefficient (Wildman–Crippen LogP) is 3.70. The lowest BCUT2D eigenvalue weighted by molar-refractivity contribution is 0.0938. The highest BCUT2D eigenvalue weighted by atomic mass is 79.9. The Kier molecular flexibility index (Phi) is 11.3. The van der Waals surface area contributed by atoms with Gasteiger partial charge in [0.25, 0.3) is 0 Å². The predicted molar refractivity (Wildman–Crippen MR) is 108 cm³/mol. The molecule has 0 aliphatic carbocycles. The molecule has 2 rings (SSSR count). The monoisotopic (exact) mass is 463 g/mol. The first-order chi connectivity index (χ1) is 12.7. The fourth-order valence-corrected chi connectivity index (χ4v) is 2.93. The van der Waals surface area contributed by atoms with Crippen LogP contribution in [-0.2, 0) is 17.9 Å². The molecule has 8 heteroatoms. The van der Waals surface area contributed by atoms with Crippen LogP contribution >= 0.6 is 28.3 Å². The largest absolute Gasteiger partial charge is 0.493 e. The van der Waals surface area contributed by atoms with Crippen LogP contribution in [0, 0.1) is 5.82 Å². The Bertz CT molecular complexity index is 705. The van der Waals surface area contributed by atoms with E-state index in [4.69, 9.17) is 19.3 Å². The number of methoxy groups -OCH3 is 1. The second-order valence-corrected chi connectivity index (χ2v) is 6.36.